The van der Waals surface area contributed by atoms with Crippen molar-refractivity contribution in [3.05, 3.63) is 42.4 Å². The number of fused-ring (bicyclic) bond motifs is 1. The van der Waals surface area contributed by atoms with Gasteiger partial charge in [-0.2, -0.15) is 0 Å². The van der Waals surface area contributed by atoms with Gasteiger partial charge in [-0.05, 0) is 25.4 Å². The van der Waals surface area contributed by atoms with E-state index in [1.807, 2.05) is 94.1 Å². The van der Waals surface area contributed by atoms with Crippen LogP contribution in [-0.4, -0.2) is 23.0 Å². The van der Waals surface area contributed by atoms with Gasteiger partial charge in [0.15, 0.2) is 0 Å². The Balaban J connectivity index is 1.12. The molecule has 0 saturated heterocycles. The Morgan fingerprint density at radius 1 is 0.500 bits per heavy atom. The molecule has 1 fully saturated rings. The van der Waals surface area contributed by atoms with Crippen LogP contribution in [0.3, 0.4) is 0 Å². The van der Waals surface area contributed by atoms with Gasteiger partial charge >= 0.3 is 0 Å². The first-order chi connectivity index (χ1) is 14.7. The van der Waals surface area contributed by atoms with E-state index >= 15 is 0 Å². The van der Waals surface area contributed by atoms with E-state index < -0.39 is 0 Å². The minimum absolute atomic E-state index is 0.861. The summed E-state index contributed by atoms with van der Waals surface area (Å²) in [6.07, 6.45) is 10.1. The van der Waals surface area contributed by atoms with Crippen LogP contribution in [0.5, 0.6) is 0 Å². The number of rotatable bonds is 2. The van der Waals surface area contributed by atoms with Crippen LogP contribution < -0.4 is 0 Å². The first-order valence-electron chi connectivity index (χ1n) is 9.27. The molecule has 0 amide bonds. The Labute approximate surface area is 229 Å². The molecule has 160 valence electrons. The molecule has 2 atom stereocenters. The highest BCUT2D eigenvalue weighted by Gasteiger charge is 2.40. The second kappa shape index (κ2) is 10.1. The van der Waals surface area contributed by atoms with Gasteiger partial charge in [0.2, 0.25) is 0 Å². The zero-order chi connectivity index (χ0) is 20.2. The van der Waals surface area contributed by atoms with E-state index in [1.165, 1.54) is 55.3 Å². The molecule has 5 aliphatic heterocycles. The Morgan fingerprint density at radius 3 is 1.20 bits per heavy atom. The lowest BCUT2D eigenvalue weighted by molar-refractivity contribution is 0.528. The summed E-state index contributed by atoms with van der Waals surface area (Å²) in [5, 5.41) is 1.72. The molecule has 0 bridgehead atoms. The quantitative estimate of drug-likeness (QED) is 0.290. The molecule has 1 aliphatic carbocycles. The molecule has 12 heteroatoms. The van der Waals surface area contributed by atoms with Gasteiger partial charge in [-0.25, -0.2) is 0 Å². The van der Waals surface area contributed by atoms with Crippen LogP contribution in [0.4, 0.5) is 0 Å². The van der Waals surface area contributed by atoms with Crippen LogP contribution in [0.1, 0.15) is 25.7 Å². The van der Waals surface area contributed by atoms with Gasteiger partial charge in [0.25, 0.3) is 0 Å². The van der Waals surface area contributed by atoms with Gasteiger partial charge in [0.1, 0.15) is 0 Å². The van der Waals surface area contributed by atoms with Crippen molar-refractivity contribution in [3.8, 4) is 0 Å². The molecule has 30 heavy (non-hydrogen) atoms. The van der Waals surface area contributed by atoms with Crippen LogP contribution in [0, 0.1) is 0 Å². The summed E-state index contributed by atoms with van der Waals surface area (Å²) >= 11 is 24.3. The fourth-order valence-corrected chi connectivity index (χ4v) is 22.3. The van der Waals surface area contributed by atoms with E-state index in [4.69, 9.17) is 0 Å². The Bertz CT molecular complexity index is 886. The number of thioether (sulfide) groups is 12. The fourth-order valence-electron chi connectivity index (χ4n) is 3.47. The predicted octanol–water partition coefficient (Wildman–Crippen LogP) is 11.1. The maximum absolute atomic E-state index is 2.19. The van der Waals surface area contributed by atoms with Crippen LogP contribution in [0.25, 0.3) is 0 Å². The average Bonchev–Trinajstić information content (AvgIpc) is 3.51. The smallest absolute Gasteiger partial charge is 0.0718 e. The predicted molar refractivity (Wildman–Crippen MR) is 164 cm³/mol. The molecule has 0 aromatic heterocycles. The maximum atomic E-state index is 2.19. The SMILES string of the molecule is CSC1=C(SC)SC(=C2SC3=C(S2)SC(=C2SC4=C(S2)S[C@@H]2CCCC[C@@H]2S4)S3)S1. The molecular formula is C18H16S12. The van der Waals surface area contributed by atoms with Gasteiger partial charge < -0.3 is 0 Å². The highest BCUT2D eigenvalue weighted by atomic mass is 32.3. The van der Waals surface area contributed by atoms with Crippen molar-refractivity contribution >= 4 is 141 Å². The minimum Gasteiger partial charge on any atom is -0.121 e. The molecule has 0 N–H and O–H groups in total. The average molecular weight is 617 g/mol. The normalized spacial score (nSPS) is 31.4. The van der Waals surface area contributed by atoms with Crippen molar-refractivity contribution in [3.63, 3.8) is 0 Å². The third-order valence-electron chi connectivity index (χ3n) is 4.85. The molecule has 1 saturated carbocycles. The van der Waals surface area contributed by atoms with Crippen molar-refractivity contribution in [2.45, 2.75) is 36.2 Å². The zero-order valence-corrected chi connectivity index (χ0v) is 25.7. The van der Waals surface area contributed by atoms with Crippen LogP contribution in [-0.2, 0) is 0 Å². The van der Waals surface area contributed by atoms with E-state index in [0.717, 1.165) is 10.5 Å². The topological polar surface area (TPSA) is 0 Å². The van der Waals surface area contributed by atoms with Crippen molar-refractivity contribution in [1.82, 2.24) is 0 Å². The van der Waals surface area contributed by atoms with Gasteiger partial charge in [-0.15, -0.1) is 47.0 Å². The molecule has 0 aromatic carbocycles. The molecular weight excluding hydrogens is 601 g/mol. The monoisotopic (exact) mass is 616 g/mol. The van der Waals surface area contributed by atoms with Crippen LogP contribution in [0.2, 0.25) is 0 Å². The standard InChI is InChI=1S/C18H16S12/c1-19-9-10(20-2)24-13(23-9)14-27-17-18(28-14)30-16(29-17)15-25-11-12(26-15)22-8-6-4-3-5-7(8)21-11/h7-8H,3-6H2,1-2H3/t7-,8+. The maximum Gasteiger partial charge on any atom is 0.0718 e. The van der Waals surface area contributed by atoms with Crippen molar-refractivity contribution in [2.75, 3.05) is 12.5 Å². The zero-order valence-electron chi connectivity index (χ0n) is 15.9. The third kappa shape index (κ3) is 4.55. The van der Waals surface area contributed by atoms with Crippen molar-refractivity contribution in [2.24, 2.45) is 0 Å². The lowest BCUT2D eigenvalue weighted by Gasteiger charge is -2.34. The van der Waals surface area contributed by atoms with Crippen molar-refractivity contribution < 1.29 is 0 Å². The molecule has 0 radical (unpaired) electrons. The molecule has 0 spiro atoms. The Hall–Kier alpha value is 2.90. The highest BCUT2D eigenvalue weighted by Crippen LogP contribution is 2.74. The second-order valence-corrected chi connectivity index (χ2v) is 21.6. The molecule has 0 aromatic rings. The molecule has 0 unspecified atom stereocenters. The molecule has 5 heterocycles. The lowest BCUT2D eigenvalue weighted by Crippen LogP contribution is -2.26. The molecule has 0 nitrogen and oxygen atoms in total. The largest absolute Gasteiger partial charge is 0.121 e. The Kier molecular flexibility index (Phi) is 7.85. The molecule has 6 rings (SSSR count). The Morgan fingerprint density at radius 2 is 0.833 bits per heavy atom. The van der Waals surface area contributed by atoms with Crippen molar-refractivity contribution in [1.29, 1.82) is 0 Å². The second-order valence-electron chi connectivity index (χ2n) is 6.70. The summed E-state index contributed by atoms with van der Waals surface area (Å²) in [5.74, 6) is 0. The summed E-state index contributed by atoms with van der Waals surface area (Å²) < 4.78 is 15.2. The lowest BCUT2D eigenvalue weighted by atomic mass is 10.00. The van der Waals surface area contributed by atoms with E-state index in [-0.39, 0.29) is 0 Å². The van der Waals surface area contributed by atoms with Crippen LogP contribution >= 0.6 is 141 Å². The summed E-state index contributed by atoms with van der Waals surface area (Å²) in [4.78, 5) is 0. The highest BCUT2D eigenvalue weighted by molar-refractivity contribution is 8.51. The van der Waals surface area contributed by atoms with Crippen LogP contribution in [0.15, 0.2) is 42.4 Å². The van der Waals surface area contributed by atoms with Gasteiger partial charge in [-0.3, -0.25) is 0 Å². The number of hydrogen-bond donors (Lipinski definition) is 0. The summed E-state index contributed by atoms with van der Waals surface area (Å²) in [6, 6.07) is 0. The first kappa shape index (κ1) is 23.3. The van der Waals surface area contributed by atoms with Gasteiger partial charge in [0, 0.05) is 10.5 Å². The van der Waals surface area contributed by atoms with Gasteiger partial charge in [0.05, 0.1) is 42.4 Å². The minimum atomic E-state index is 0.861. The number of hydrogen-bond acceptors (Lipinski definition) is 12. The van der Waals surface area contributed by atoms with E-state index in [9.17, 15) is 0 Å². The summed E-state index contributed by atoms with van der Waals surface area (Å²) in [7, 11) is 0. The van der Waals surface area contributed by atoms with Gasteiger partial charge in [-0.1, -0.05) is 107 Å². The fraction of sp³-hybridized carbons (Fsp3) is 0.444. The summed E-state index contributed by atoms with van der Waals surface area (Å²) in [6.45, 7) is 0. The van der Waals surface area contributed by atoms with E-state index in [1.54, 1.807) is 12.7 Å². The van der Waals surface area contributed by atoms with E-state index in [0.29, 0.717) is 0 Å². The molecule has 6 aliphatic rings. The van der Waals surface area contributed by atoms with E-state index in [2.05, 4.69) is 59.6 Å². The summed E-state index contributed by atoms with van der Waals surface area (Å²) in [5.41, 5.74) is 0. The first-order valence-corrected chi connectivity index (χ1v) is 20.0. The third-order valence-corrected chi connectivity index (χ3v) is 23.1.